The topological polar surface area (TPSA) is 15.3 Å². The number of benzene rings is 1. The van der Waals surface area contributed by atoms with Crippen LogP contribution in [0.1, 0.15) is 39.3 Å². The van der Waals surface area contributed by atoms with E-state index in [1.165, 1.54) is 0 Å². The number of para-hydroxylation sites is 1. The highest BCUT2D eigenvalue weighted by atomic mass is 32.2. The Morgan fingerprint density at radius 3 is 2.60 bits per heavy atom. The zero-order valence-corrected chi connectivity index (χ0v) is 13.6. The van der Waals surface area contributed by atoms with E-state index in [1.807, 2.05) is 23.9 Å². The monoisotopic (exact) mass is 296 g/mol. The molecule has 3 unspecified atom stereocenters. The fourth-order valence-corrected chi connectivity index (χ4v) is 4.32. The molecule has 0 aromatic heterocycles. The van der Waals surface area contributed by atoms with Crippen molar-refractivity contribution in [2.45, 2.75) is 44.2 Å². The van der Waals surface area contributed by atoms with E-state index in [2.05, 4.69) is 37.9 Å². The van der Waals surface area contributed by atoms with Crippen molar-refractivity contribution >= 4 is 17.4 Å². The first-order valence-corrected chi connectivity index (χ1v) is 8.39. The highest BCUT2D eigenvalue weighted by molar-refractivity contribution is 8.00. The van der Waals surface area contributed by atoms with Gasteiger partial charge in [-0.2, -0.15) is 11.8 Å². The standard InChI is InChI=1S/C16H25FN2S/c1-5-18-13(4)14-7-6-8-15(17)16(14)19-9-11(2)20-12(3)10-19/h6-8,11-13,18H,5,9-10H2,1-4H3. The van der Waals surface area contributed by atoms with Gasteiger partial charge in [0, 0.05) is 29.6 Å². The highest BCUT2D eigenvalue weighted by Crippen LogP contribution is 2.34. The van der Waals surface area contributed by atoms with Crippen LogP contribution >= 0.6 is 11.8 Å². The lowest BCUT2D eigenvalue weighted by atomic mass is 10.0. The van der Waals surface area contributed by atoms with Gasteiger partial charge in [0.05, 0.1) is 5.69 Å². The van der Waals surface area contributed by atoms with Crippen molar-refractivity contribution in [2.24, 2.45) is 0 Å². The molecule has 3 atom stereocenters. The van der Waals surface area contributed by atoms with Gasteiger partial charge in [0.15, 0.2) is 0 Å². The first kappa shape index (κ1) is 15.6. The maximum Gasteiger partial charge on any atom is 0.146 e. The molecule has 4 heteroatoms. The lowest BCUT2D eigenvalue weighted by molar-refractivity contribution is 0.573. The number of hydrogen-bond acceptors (Lipinski definition) is 3. The van der Waals surface area contributed by atoms with E-state index in [-0.39, 0.29) is 11.9 Å². The predicted octanol–water partition coefficient (Wildman–Crippen LogP) is 3.83. The van der Waals surface area contributed by atoms with Crippen molar-refractivity contribution in [3.63, 3.8) is 0 Å². The summed E-state index contributed by atoms with van der Waals surface area (Å²) in [6.07, 6.45) is 0. The van der Waals surface area contributed by atoms with Gasteiger partial charge in [-0.25, -0.2) is 4.39 Å². The van der Waals surface area contributed by atoms with Crippen LogP contribution in [0.3, 0.4) is 0 Å². The number of nitrogens with zero attached hydrogens (tertiary/aromatic N) is 1. The molecule has 1 aromatic rings. The minimum atomic E-state index is -0.0986. The average molecular weight is 296 g/mol. The molecule has 0 radical (unpaired) electrons. The van der Waals surface area contributed by atoms with Crippen LogP contribution in [0.5, 0.6) is 0 Å². The lowest BCUT2D eigenvalue weighted by Crippen LogP contribution is -2.41. The van der Waals surface area contributed by atoms with Crippen LogP contribution in [0.15, 0.2) is 18.2 Å². The number of anilines is 1. The van der Waals surface area contributed by atoms with Gasteiger partial charge in [0.1, 0.15) is 5.82 Å². The fraction of sp³-hybridized carbons (Fsp3) is 0.625. The van der Waals surface area contributed by atoms with E-state index >= 15 is 0 Å². The molecule has 0 amide bonds. The normalized spacial score (nSPS) is 24.8. The summed E-state index contributed by atoms with van der Waals surface area (Å²) in [6, 6.07) is 5.61. The maximum absolute atomic E-state index is 14.4. The Kier molecular flexibility index (Phi) is 5.33. The Hall–Kier alpha value is -0.740. The maximum atomic E-state index is 14.4. The molecular weight excluding hydrogens is 271 g/mol. The summed E-state index contributed by atoms with van der Waals surface area (Å²) in [6.45, 7) is 11.4. The molecule has 1 aliphatic heterocycles. The van der Waals surface area contributed by atoms with E-state index in [0.29, 0.717) is 10.5 Å². The largest absolute Gasteiger partial charge is 0.367 e. The summed E-state index contributed by atoms with van der Waals surface area (Å²) in [7, 11) is 0. The quantitative estimate of drug-likeness (QED) is 0.909. The van der Waals surface area contributed by atoms with E-state index < -0.39 is 0 Å². The van der Waals surface area contributed by atoms with Crippen LogP contribution in [0, 0.1) is 5.82 Å². The summed E-state index contributed by atoms with van der Waals surface area (Å²) in [4.78, 5) is 2.23. The van der Waals surface area contributed by atoms with Crippen molar-refractivity contribution in [3.8, 4) is 0 Å². The number of hydrogen-bond donors (Lipinski definition) is 1. The first-order chi connectivity index (χ1) is 9.52. The van der Waals surface area contributed by atoms with Gasteiger partial charge in [0.2, 0.25) is 0 Å². The summed E-state index contributed by atoms with van der Waals surface area (Å²) in [5.74, 6) is -0.0986. The van der Waals surface area contributed by atoms with Gasteiger partial charge in [-0.15, -0.1) is 0 Å². The first-order valence-electron chi connectivity index (χ1n) is 7.45. The Labute approximate surface area is 126 Å². The van der Waals surface area contributed by atoms with Crippen molar-refractivity contribution in [1.82, 2.24) is 5.32 Å². The molecule has 1 saturated heterocycles. The van der Waals surface area contributed by atoms with E-state index in [4.69, 9.17) is 0 Å². The lowest BCUT2D eigenvalue weighted by Gasteiger charge is -2.38. The predicted molar refractivity (Wildman–Crippen MR) is 87.2 cm³/mol. The van der Waals surface area contributed by atoms with Crippen molar-refractivity contribution in [2.75, 3.05) is 24.5 Å². The minimum Gasteiger partial charge on any atom is -0.367 e. The van der Waals surface area contributed by atoms with Crippen LogP contribution in [0.4, 0.5) is 10.1 Å². The number of nitrogens with one attached hydrogen (secondary N) is 1. The van der Waals surface area contributed by atoms with E-state index in [0.717, 1.165) is 30.9 Å². The van der Waals surface area contributed by atoms with Gasteiger partial charge >= 0.3 is 0 Å². The second-order valence-electron chi connectivity index (χ2n) is 5.62. The molecule has 2 rings (SSSR count). The number of thioether (sulfide) groups is 1. The molecule has 1 heterocycles. The molecule has 1 fully saturated rings. The molecule has 0 saturated carbocycles. The fourth-order valence-electron chi connectivity index (χ4n) is 2.99. The van der Waals surface area contributed by atoms with E-state index in [9.17, 15) is 4.39 Å². The SMILES string of the molecule is CCNC(C)c1cccc(F)c1N1CC(C)SC(C)C1. The molecule has 1 aromatic carbocycles. The Balaban J connectivity index is 2.34. The van der Waals surface area contributed by atoms with Gasteiger partial charge in [-0.3, -0.25) is 0 Å². The van der Waals surface area contributed by atoms with Gasteiger partial charge in [-0.05, 0) is 25.1 Å². The molecule has 20 heavy (non-hydrogen) atoms. The van der Waals surface area contributed by atoms with Crippen molar-refractivity contribution < 1.29 is 4.39 Å². The van der Waals surface area contributed by atoms with Gasteiger partial charge < -0.3 is 10.2 Å². The molecule has 1 N–H and O–H groups in total. The number of rotatable bonds is 4. The number of halogens is 1. The van der Waals surface area contributed by atoms with Crippen LogP contribution < -0.4 is 10.2 Å². The zero-order chi connectivity index (χ0) is 14.7. The van der Waals surface area contributed by atoms with Crippen LogP contribution in [0.25, 0.3) is 0 Å². The summed E-state index contributed by atoms with van der Waals surface area (Å²) >= 11 is 1.99. The van der Waals surface area contributed by atoms with Gasteiger partial charge in [0.25, 0.3) is 0 Å². The summed E-state index contributed by atoms with van der Waals surface area (Å²) in [5.41, 5.74) is 1.86. The molecule has 0 aliphatic carbocycles. The molecular formula is C16H25FN2S. The third kappa shape index (κ3) is 3.47. The second-order valence-corrected chi connectivity index (χ2v) is 7.50. The smallest absolute Gasteiger partial charge is 0.146 e. The third-order valence-corrected chi connectivity index (χ3v) is 4.96. The Bertz CT molecular complexity index is 442. The minimum absolute atomic E-state index is 0.0986. The highest BCUT2D eigenvalue weighted by Gasteiger charge is 2.27. The summed E-state index contributed by atoms with van der Waals surface area (Å²) < 4.78 is 14.4. The third-order valence-electron chi connectivity index (χ3n) is 3.73. The van der Waals surface area contributed by atoms with Crippen molar-refractivity contribution in [1.29, 1.82) is 0 Å². The zero-order valence-electron chi connectivity index (χ0n) is 12.8. The van der Waals surface area contributed by atoms with Gasteiger partial charge in [-0.1, -0.05) is 32.9 Å². The summed E-state index contributed by atoms with van der Waals surface area (Å²) in [5, 5.41) is 4.48. The molecule has 112 valence electrons. The molecule has 2 nitrogen and oxygen atoms in total. The Morgan fingerprint density at radius 2 is 2.00 bits per heavy atom. The second kappa shape index (κ2) is 6.81. The molecule has 0 bridgehead atoms. The Morgan fingerprint density at radius 1 is 1.35 bits per heavy atom. The molecule has 1 aliphatic rings. The van der Waals surface area contributed by atoms with E-state index in [1.54, 1.807) is 6.07 Å². The van der Waals surface area contributed by atoms with Crippen molar-refractivity contribution in [3.05, 3.63) is 29.6 Å². The molecule has 0 spiro atoms. The van der Waals surface area contributed by atoms with Crippen LogP contribution in [0.2, 0.25) is 0 Å². The average Bonchev–Trinajstić information content (AvgIpc) is 2.37. The van der Waals surface area contributed by atoms with Crippen LogP contribution in [-0.2, 0) is 0 Å². The van der Waals surface area contributed by atoms with Crippen LogP contribution in [-0.4, -0.2) is 30.1 Å².